The first-order valence-electron chi connectivity index (χ1n) is 5.28. The minimum atomic E-state index is -0.112. The van der Waals surface area contributed by atoms with Crippen molar-refractivity contribution < 1.29 is 0 Å². The average molecular weight is 450 g/mol. The lowest BCUT2D eigenvalue weighted by Gasteiger charge is -2.14. The summed E-state index contributed by atoms with van der Waals surface area (Å²) in [6, 6.07) is 10.5. The third kappa shape index (κ3) is 2.15. The summed E-state index contributed by atoms with van der Waals surface area (Å²) in [5, 5.41) is 1.05. The Morgan fingerprint density at radius 2 is 1.83 bits per heavy atom. The molecule has 0 saturated carbocycles. The van der Waals surface area contributed by atoms with Crippen molar-refractivity contribution in [1.82, 2.24) is 0 Å². The number of hydrogen-bond acceptors (Lipinski definition) is 1. The van der Waals surface area contributed by atoms with Gasteiger partial charge in [0.15, 0.2) is 0 Å². The Morgan fingerprint density at radius 3 is 2.61 bits per heavy atom. The lowest BCUT2D eigenvalue weighted by atomic mass is 10.2. The number of rotatable bonds is 0. The Kier molecular flexibility index (Phi) is 3.51. The first-order chi connectivity index (χ1) is 8.56. The second-order valence-electron chi connectivity index (χ2n) is 4.05. The van der Waals surface area contributed by atoms with Gasteiger partial charge in [-0.2, -0.15) is 0 Å². The van der Waals surface area contributed by atoms with Gasteiger partial charge in [-0.1, -0.05) is 40.8 Å². The highest BCUT2D eigenvalue weighted by molar-refractivity contribution is 9.52. The summed E-state index contributed by atoms with van der Waals surface area (Å²) in [7, 11) is -0.112. The van der Waals surface area contributed by atoms with Crippen LogP contribution in [0.4, 0.5) is 5.69 Å². The van der Waals surface area contributed by atoms with Crippen molar-refractivity contribution in [1.29, 1.82) is 0 Å². The quantitative estimate of drug-likeness (QED) is 0.459. The van der Waals surface area contributed by atoms with Crippen LogP contribution in [0.3, 0.4) is 0 Å². The van der Waals surface area contributed by atoms with Crippen LogP contribution in [0, 0.1) is 11.4 Å². The molecule has 0 aliphatic carbocycles. The molecule has 0 N–H and O–H groups in total. The zero-order valence-corrected chi connectivity index (χ0v) is 15.0. The Balaban J connectivity index is 2.47. The van der Waals surface area contributed by atoms with E-state index in [1.54, 1.807) is 0 Å². The number of benzene rings is 2. The van der Waals surface area contributed by atoms with Gasteiger partial charge < -0.3 is 0 Å². The largest absolute Gasteiger partial charge is 0.246 e. The standard InChI is InChI=1S/C13H8Br3NS/c1-7-4-9(15)6-12-13(7)17-10-3-2-8(14)5-11(10)18(12)16/h2-6H,1H3. The van der Waals surface area contributed by atoms with Crippen molar-refractivity contribution in [3.8, 4) is 0 Å². The first kappa shape index (κ1) is 13.0. The fraction of sp³-hybridized carbons (Fsp3) is 0.0769. The van der Waals surface area contributed by atoms with E-state index in [2.05, 4.69) is 77.9 Å². The van der Waals surface area contributed by atoms with Gasteiger partial charge >= 0.3 is 0 Å². The first-order valence-corrected chi connectivity index (χ1v) is 9.93. The molecule has 1 nitrogen and oxygen atoms in total. The number of hydrogen-bond donors (Lipinski definition) is 0. The molecule has 1 atom stereocenters. The molecule has 1 aliphatic heterocycles. The molecule has 0 spiro atoms. The van der Waals surface area contributed by atoms with Crippen molar-refractivity contribution in [2.24, 2.45) is 4.99 Å². The van der Waals surface area contributed by atoms with E-state index in [4.69, 9.17) is 4.99 Å². The summed E-state index contributed by atoms with van der Waals surface area (Å²) in [6.07, 6.45) is 0. The molecule has 1 unspecified atom stereocenters. The Hall–Kier alpha value is 0.0300. The fourth-order valence-electron chi connectivity index (χ4n) is 1.95. The molecular weight excluding hydrogens is 442 g/mol. The molecular formula is C13H8Br3NS. The SMILES string of the molecule is Cc1cc(Br)cc2c1N=c1ccc(Br)cc1=S2Br. The van der Waals surface area contributed by atoms with Gasteiger partial charge in [-0.3, -0.25) is 0 Å². The van der Waals surface area contributed by atoms with Crippen LogP contribution in [-0.4, -0.2) is 0 Å². The summed E-state index contributed by atoms with van der Waals surface area (Å²) in [4.78, 5) is 6.02. The molecule has 92 valence electrons. The van der Waals surface area contributed by atoms with E-state index in [9.17, 15) is 0 Å². The second kappa shape index (κ2) is 4.85. The van der Waals surface area contributed by atoms with Crippen LogP contribution in [0.15, 0.2) is 49.2 Å². The van der Waals surface area contributed by atoms with Gasteiger partial charge in [0.05, 0.1) is 11.0 Å². The van der Waals surface area contributed by atoms with Crippen molar-refractivity contribution in [2.45, 2.75) is 11.8 Å². The van der Waals surface area contributed by atoms with E-state index in [-0.39, 0.29) is 8.92 Å². The zero-order valence-electron chi connectivity index (χ0n) is 9.38. The van der Waals surface area contributed by atoms with Gasteiger partial charge in [-0.05, 0) is 57.6 Å². The number of nitrogens with zero attached hydrogens (tertiary/aromatic N) is 1. The molecule has 2 aromatic rings. The molecule has 1 aliphatic rings. The Morgan fingerprint density at radius 1 is 1.06 bits per heavy atom. The maximum atomic E-state index is 4.78. The second-order valence-corrected chi connectivity index (χ2v) is 9.22. The molecule has 0 aromatic heterocycles. The van der Waals surface area contributed by atoms with Gasteiger partial charge in [0.25, 0.3) is 0 Å². The van der Waals surface area contributed by atoms with E-state index >= 15 is 0 Å². The maximum absolute atomic E-state index is 4.78. The van der Waals surface area contributed by atoms with Crippen LogP contribution in [0.5, 0.6) is 0 Å². The van der Waals surface area contributed by atoms with Crippen molar-refractivity contribution in [3.63, 3.8) is 0 Å². The van der Waals surface area contributed by atoms with Gasteiger partial charge in [-0.25, -0.2) is 4.99 Å². The topological polar surface area (TPSA) is 12.4 Å². The number of halogens is 3. The average Bonchev–Trinajstić information content (AvgIpc) is 2.32. The molecule has 5 heteroatoms. The lowest BCUT2D eigenvalue weighted by Crippen LogP contribution is -2.05. The van der Waals surface area contributed by atoms with Crippen LogP contribution in [0.2, 0.25) is 0 Å². The predicted octanol–water partition coefficient (Wildman–Crippen LogP) is 5.67. The normalized spacial score (nSPS) is 16.8. The monoisotopic (exact) mass is 447 g/mol. The highest BCUT2D eigenvalue weighted by Gasteiger charge is 2.14. The molecule has 0 radical (unpaired) electrons. The Bertz CT molecular complexity index is 784. The molecule has 2 aromatic carbocycles. The van der Waals surface area contributed by atoms with Crippen LogP contribution in [0.25, 0.3) is 0 Å². The minimum absolute atomic E-state index is 0.112. The molecule has 1 heterocycles. The highest BCUT2D eigenvalue weighted by Crippen LogP contribution is 2.46. The van der Waals surface area contributed by atoms with E-state index in [0.717, 1.165) is 20.0 Å². The molecule has 0 fully saturated rings. The van der Waals surface area contributed by atoms with E-state index in [1.807, 2.05) is 6.07 Å². The number of aryl methyl sites for hydroxylation is 1. The van der Waals surface area contributed by atoms with Gasteiger partial charge in [-0.15, -0.1) is 0 Å². The van der Waals surface area contributed by atoms with Crippen molar-refractivity contribution >= 4 is 61.3 Å². The van der Waals surface area contributed by atoms with Gasteiger partial charge in [0, 0.05) is 18.4 Å². The van der Waals surface area contributed by atoms with Crippen LogP contribution in [-0.2, 0) is 0 Å². The smallest absolute Gasteiger partial charge is 0.0806 e. The molecule has 18 heavy (non-hydrogen) atoms. The summed E-state index contributed by atoms with van der Waals surface area (Å²) in [5.74, 6) is 0. The maximum Gasteiger partial charge on any atom is 0.0806 e. The lowest BCUT2D eigenvalue weighted by molar-refractivity contribution is 1.21. The van der Waals surface area contributed by atoms with Crippen LogP contribution in [0.1, 0.15) is 5.56 Å². The molecule has 3 rings (SSSR count). The van der Waals surface area contributed by atoms with E-state index in [1.165, 1.54) is 15.0 Å². The minimum Gasteiger partial charge on any atom is -0.246 e. The predicted molar refractivity (Wildman–Crippen MR) is 87.5 cm³/mol. The van der Waals surface area contributed by atoms with E-state index < -0.39 is 0 Å². The Labute approximate surface area is 132 Å². The summed E-state index contributed by atoms with van der Waals surface area (Å²) < 4.78 is 3.42. The number of fused-ring (bicyclic) bond motifs is 2. The van der Waals surface area contributed by atoms with Crippen molar-refractivity contribution in [2.75, 3.05) is 0 Å². The molecule has 0 amide bonds. The summed E-state index contributed by atoms with van der Waals surface area (Å²) in [5.41, 5.74) is 2.29. The third-order valence-electron chi connectivity index (χ3n) is 2.77. The zero-order chi connectivity index (χ0) is 12.9. The van der Waals surface area contributed by atoms with Gasteiger partial charge in [0.2, 0.25) is 0 Å². The summed E-state index contributed by atoms with van der Waals surface area (Å²) >= 11 is 10.9. The van der Waals surface area contributed by atoms with Crippen molar-refractivity contribution in [3.05, 3.63) is 54.7 Å². The van der Waals surface area contributed by atoms with Crippen LogP contribution >= 0.6 is 55.6 Å². The highest BCUT2D eigenvalue weighted by atomic mass is 79.9. The summed E-state index contributed by atoms with van der Waals surface area (Å²) in [6.45, 7) is 2.10. The third-order valence-corrected chi connectivity index (χ3v) is 7.22. The van der Waals surface area contributed by atoms with E-state index in [0.29, 0.717) is 0 Å². The van der Waals surface area contributed by atoms with Gasteiger partial charge in [0.1, 0.15) is 0 Å². The fourth-order valence-corrected chi connectivity index (χ4v) is 6.07. The molecule has 0 bridgehead atoms. The molecule has 0 saturated heterocycles. The van der Waals surface area contributed by atoms with Crippen LogP contribution < -0.4 is 5.36 Å².